The van der Waals surface area contributed by atoms with Gasteiger partial charge in [-0.05, 0) is 26.2 Å². The molecule has 6 nitrogen and oxygen atoms in total. The van der Waals surface area contributed by atoms with Crippen LogP contribution in [-0.4, -0.2) is 57.9 Å². The van der Waals surface area contributed by atoms with Crippen LogP contribution in [-0.2, 0) is 24.3 Å². The summed E-state index contributed by atoms with van der Waals surface area (Å²) in [5.74, 6) is -0.208. The molecule has 0 heterocycles. The van der Waals surface area contributed by atoms with E-state index in [1.807, 2.05) is 0 Å². The van der Waals surface area contributed by atoms with Gasteiger partial charge in [0.1, 0.15) is 0 Å². The lowest BCUT2D eigenvalue weighted by molar-refractivity contribution is -0.00881. The largest absolute Gasteiger partial charge is 0.379 e. The molecule has 0 aromatic carbocycles. The third-order valence-corrected chi connectivity index (χ3v) is 3.71. The van der Waals surface area contributed by atoms with Gasteiger partial charge in [-0.3, -0.25) is 4.55 Å². The molecule has 21 heavy (non-hydrogen) atoms. The summed E-state index contributed by atoms with van der Waals surface area (Å²) in [6.45, 7) is 6.86. The van der Waals surface area contributed by atoms with E-state index in [4.69, 9.17) is 18.8 Å². The van der Waals surface area contributed by atoms with Crippen molar-refractivity contribution in [3.8, 4) is 0 Å². The molecule has 1 unspecified atom stereocenters. The summed E-state index contributed by atoms with van der Waals surface area (Å²) in [7, 11) is -3.84. The van der Waals surface area contributed by atoms with E-state index < -0.39 is 10.1 Å². The molecule has 128 valence electrons. The van der Waals surface area contributed by atoms with Crippen molar-refractivity contribution in [3.05, 3.63) is 0 Å². The molecule has 0 fully saturated rings. The maximum Gasteiger partial charge on any atom is 0.264 e. The standard InChI is InChI=1S/C14H30O6S/c1-3-4-7-14(2)20-12-11-19-10-9-18-8-5-6-13-21(15,16)17/h14H,3-13H2,1-2H3,(H,15,16,17). The molecular weight excluding hydrogens is 296 g/mol. The van der Waals surface area contributed by atoms with Crippen LogP contribution in [0.3, 0.4) is 0 Å². The molecule has 0 aliphatic heterocycles. The lowest BCUT2D eigenvalue weighted by Crippen LogP contribution is -2.14. The highest BCUT2D eigenvalue weighted by Crippen LogP contribution is 2.03. The van der Waals surface area contributed by atoms with Crippen LogP contribution in [0.15, 0.2) is 0 Å². The topological polar surface area (TPSA) is 82.1 Å². The smallest absolute Gasteiger partial charge is 0.264 e. The van der Waals surface area contributed by atoms with Crippen molar-refractivity contribution in [2.45, 2.75) is 52.1 Å². The van der Waals surface area contributed by atoms with Gasteiger partial charge in [-0.1, -0.05) is 19.8 Å². The van der Waals surface area contributed by atoms with Crippen LogP contribution in [0.4, 0.5) is 0 Å². The predicted octanol–water partition coefficient (Wildman–Crippen LogP) is 2.28. The predicted molar refractivity (Wildman–Crippen MR) is 82.2 cm³/mol. The van der Waals surface area contributed by atoms with E-state index in [1.165, 1.54) is 12.8 Å². The molecule has 0 bridgehead atoms. The van der Waals surface area contributed by atoms with Crippen molar-refractivity contribution >= 4 is 10.1 Å². The first-order valence-electron chi connectivity index (χ1n) is 7.68. The quantitative estimate of drug-likeness (QED) is 0.367. The van der Waals surface area contributed by atoms with E-state index in [-0.39, 0.29) is 11.9 Å². The summed E-state index contributed by atoms with van der Waals surface area (Å²) < 4.78 is 45.7. The van der Waals surface area contributed by atoms with Crippen LogP contribution in [0.2, 0.25) is 0 Å². The first-order valence-corrected chi connectivity index (χ1v) is 9.29. The molecular formula is C14H30O6S. The Bertz CT molecular complexity index is 317. The molecule has 1 atom stereocenters. The summed E-state index contributed by atoms with van der Waals surface area (Å²) in [4.78, 5) is 0. The minimum Gasteiger partial charge on any atom is -0.379 e. The zero-order chi connectivity index (χ0) is 16.0. The maximum atomic E-state index is 10.5. The molecule has 0 aromatic rings. The third-order valence-electron chi connectivity index (χ3n) is 2.91. The van der Waals surface area contributed by atoms with E-state index in [9.17, 15) is 8.42 Å². The fourth-order valence-electron chi connectivity index (χ4n) is 1.69. The van der Waals surface area contributed by atoms with Gasteiger partial charge in [0, 0.05) is 6.61 Å². The second kappa shape index (κ2) is 13.5. The van der Waals surface area contributed by atoms with Gasteiger partial charge in [0.05, 0.1) is 38.3 Å². The van der Waals surface area contributed by atoms with Crippen molar-refractivity contribution in [3.63, 3.8) is 0 Å². The second-order valence-electron chi connectivity index (χ2n) is 5.04. The van der Waals surface area contributed by atoms with Gasteiger partial charge < -0.3 is 14.2 Å². The number of ether oxygens (including phenoxy) is 3. The van der Waals surface area contributed by atoms with Crippen LogP contribution in [0, 0.1) is 0 Å². The van der Waals surface area contributed by atoms with Gasteiger partial charge in [0.15, 0.2) is 0 Å². The molecule has 0 radical (unpaired) electrons. The first kappa shape index (κ1) is 20.8. The van der Waals surface area contributed by atoms with Gasteiger partial charge in [0.25, 0.3) is 10.1 Å². The van der Waals surface area contributed by atoms with Crippen LogP contribution in [0.25, 0.3) is 0 Å². The highest BCUT2D eigenvalue weighted by atomic mass is 32.2. The zero-order valence-corrected chi connectivity index (χ0v) is 14.1. The van der Waals surface area contributed by atoms with E-state index >= 15 is 0 Å². The minimum absolute atomic E-state index is 0.208. The summed E-state index contributed by atoms with van der Waals surface area (Å²) in [6, 6.07) is 0. The van der Waals surface area contributed by atoms with E-state index in [1.54, 1.807) is 0 Å². The SMILES string of the molecule is CCCCC(C)OCCOCCOCCCCS(=O)(=O)O. The van der Waals surface area contributed by atoms with Crippen molar-refractivity contribution in [2.24, 2.45) is 0 Å². The normalized spacial score (nSPS) is 13.5. The molecule has 0 aromatic heterocycles. The van der Waals surface area contributed by atoms with Crippen LogP contribution in [0.5, 0.6) is 0 Å². The average Bonchev–Trinajstić information content (AvgIpc) is 2.41. The number of unbranched alkanes of at least 4 members (excludes halogenated alkanes) is 2. The zero-order valence-electron chi connectivity index (χ0n) is 13.3. The monoisotopic (exact) mass is 326 g/mol. The Balaban J connectivity index is 3.15. The van der Waals surface area contributed by atoms with Gasteiger partial charge in [0.2, 0.25) is 0 Å². The Morgan fingerprint density at radius 2 is 1.57 bits per heavy atom. The Hall–Kier alpha value is -0.210. The molecule has 0 aliphatic rings. The van der Waals surface area contributed by atoms with Crippen molar-refractivity contribution in [1.29, 1.82) is 0 Å². The lowest BCUT2D eigenvalue weighted by Gasteiger charge is -2.12. The molecule has 1 N–H and O–H groups in total. The molecule has 0 aliphatic carbocycles. The van der Waals surface area contributed by atoms with Crippen LogP contribution < -0.4 is 0 Å². The lowest BCUT2D eigenvalue weighted by atomic mass is 10.2. The molecule has 0 saturated heterocycles. The van der Waals surface area contributed by atoms with Gasteiger partial charge in [-0.2, -0.15) is 8.42 Å². The van der Waals surface area contributed by atoms with Crippen molar-refractivity contribution < 1.29 is 27.2 Å². The fraction of sp³-hybridized carbons (Fsp3) is 1.00. The van der Waals surface area contributed by atoms with Gasteiger partial charge >= 0.3 is 0 Å². The van der Waals surface area contributed by atoms with Gasteiger partial charge in [-0.15, -0.1) is 0 Å². The van der Waals surface area contributed by atoms with Crippen molar-refractivity contribution in [2.75, 3.05) is 38.8 Å². The number of hydrogen-bond acceptors (Lipinski definition) is 5. The van der Waals surface area contributed by atoms with E-state index in [0.717, 1.165) is 6.42 Å². The molecule has 0 spiro atoms. The molecule has 0 rings (SSSR count). The third kappa shape index (κ3) is 17.7. The second-order valence-corrected chi connectivity index (χ2v) is 6.61. The van der Waals surface area contributed by atoms with Gasteiger partial charge in [-0.25, -0.2) is 0 Å². The summed E-state index contributed by atoms with van der Waals surface area (Å²) in [6.07, 6.45) is 4.76. The Kier molecular flexibility index (Phi) is 13.3. The number of hydrogen-bond donors (Lipinski definition) is 1. The number of rotatable bonds is 15. The summed E-state index contributed by atoms with van der Waals surface area (Å²) in [5.41, 5.74) is 0. The Labute approximate surface area is 128 Å². The highest BCUT2D eigenvalue weighted by Gasteiger charge is 2.03. The Morgan fingerprint density at radius 1 is 0.952 bits per heavy atom. The molecule has 0 amide bonds. The highest BCUT2D eigenvalue weighted by molar-refractivity contribution is 7.85. The van der Waals surface area contributed by atoms with E-state index in [2.05, 4.69) is 13.8 Å². The maximum absolute atomic E-state index is 10.5. The molecule has 0 saturated carbocycles. The van der Waals surface area contributed by atoms with Crippen molar-refractivity contribution in [1.82, 2.24) is 0 Å². The average molecular weight is 326 g/mol. The van der Waals surface area contributed by atoms with E-state index in [0.29, 0.717) is 45.9 Å². The summed E-state index contributed by atoms with van der Waals surface area (Å²) >= 11 is 0. The molecule has 7 heteroatoms. The fourth-order valence-corrected chi connectivity index (χ4v) is 2.26. The Morgan fingerprint density at radius 3 is 2.19 bits per heavy atom. The van der Waals surface area contributed by atoms with Crippen LogP contribution in [0.1, 0.15) is 46.0 Å². The first-order chi connectivity index (χ1) is 9.95. The minimum atomic E-state index is -3.84. The van der Waals surface area contributed by atoms with Crippen LogP contribution >= 0.6 is 0 Å². The summed E-state index contributed by atoms with van der Waals surface area (Å²) in [5, 5.41) is 0.